The van der Waals surface area contributed by atoms with E-state index in [-0.39, 0.29) is 11.9 Å². The van der Waals surface area contributed by atoms with Crippen LogP contribution in [0.5, 0.6) is 5.75 Å². The Morgan fingerprint density at radius 1 is 0.690 bits per heavy atom. The number of methoxy groups -OCH3 is 3. The summed E-state index contributed by atoms with van der Waals surface area (Å²) < 4.78 is 15.3. The zero-order valence-electron chi connectivity index (χ0n) is 16.3. The van der Waals surface area contributed by atoms with Crippen molar-refractivity contribution in [2.45, 2.75) is 0 Å². The van der Waals surface area contributed by atoms with Gasteiger partial charge in [-0.15, -0.1) is 0 Å². The van der Waals surface area contributed by atoms with E-state index in [0.29, 0.717) is 11.1 Å². The summed E-state index contributed by atoms with van der Waals surface area (Å²) in [4.78, 5) is 22.4. The van der Waals surface area contributed by atoms with E-state index >= 15 is 0 Å². The smallest absolute Gasteiger partial charge is 0.337 e. The van der Waals surface area contributed by atoms with E-state index in [4.69, 9.17) is 9.47 Å². The molecule has 0 fully saturated rings. The van der Waals surface area contributed by atoms with Gasteiger partial charge >= 0.3 is 11.9 Å². The molecule has 150 valence electrons. The van der Waals surface area contributed by atoms with E-state index in [1.165, 1.54) is 14.2 Å². The average molecular weight is 457 g/mol. The summed E-state index contributed by atoms with van der Waals surface area (Å²) in [5, 5.41) is 0. The minimum atomic E-state index is -0.334. The first-order chi connectivity index (χ1) is 14.0. The van der Waals surface area contributed by atoms with Crippen molar-refractivity contribution in [3.8, 4) is 16.9 Å². The molecule has 0 aliphatic heterocycles. The molecule has 0 radical (unpaired) electrons. The van der Waals surface area contributed by atoms with Gasteiger partial charge < -0.3 is 14.2 Å². The first-order valence-electron chi connectivity index (χ1n) is 8.65. The fourth-order valence-electron chi connectivity index (χ4n) is 2.48. The summed E-state index contributed by atoms with van der Waals surface area (Å²) in [5.41, 5.74) is 3.05. The molecule has 0 spiro atoms. The molecule has 0 unspecified atom stereocenters. The Balaban J connectivity index is 0.000000234. The average Bonchev–Trinajstić information content (AvgIpc) is 2.78. The first-order valence-corrected chi connectivity index (χ1v) is 9.44. The SMILES string of the molecule is COC(=O)c1cccc(-c2cccc(OC)c2)c1.COC(=O)c1cccc(Br)c1. The maximum absolute atomic E-state index is 11.5. The van der Waals surface area contributed by atoms with Gasteiger partial charge in [0, 0.05) is 4.47 Å². The van der Waals surface area contributed by atoms with Gasteiger partial charge in [-0.2, -0.15) is 0 Å². The topological polar surface area (TPSA) is 61.8 Å². The highest BCUT2D eigenvalue weighted by Gasteiger charge is 2.07. The molecular formula is C23H21BrO5. The van der Waals surface area contributed by atoms with Gasteiger partial charge in [-0.3, -0.25) is 0 Å². The van der Waals surface area contributed by atoms with Crippen LogP contribution in [-0.2, 0) is 9.47 Å². The van der Waals surface area contributed by atoms with Crippen LogP contribution in [0.4, 0.5) is 0 Å². The van der Waals surface area contributed by atoms with Crippen molar-refractivity contribution in [2.75, 3.05) is 21.3 Å². The molecule has 6 heteroatoms. The molecule has 3 aromatic carbocycles. The number of benzene rings is 3. The van der Waals surface area contributed by atoms with E-state index in [1.54, 1.807) is 37.4 Å². The summed E-state index contributed by atoms with van der Waals surface area (Å²) >= 11 is 3.25. The Morgan fingerprint density at radius 2 is 1.21 bits per heavy atom. The summed E-state index contributed by atoms with van der Waals surface area (Å²) in [6.07, 6.45) is 0. The highest BCUT2D eigenvalue weighted by Crippen LogP contribution is 2.24. The Bertz CT molecular complexity index is 984. The number of halogens is 1. The molecule has 0 atom stereocenters. The number of esters is 2. The van der Waals surface area contributed by atoms with Gasteiger partial charge in [-0.1, -0.05) is 46.3 Å². The van der Waals surface area contributed by atoms with Crippen LogP contribution >= 0.6 is 15.9 Å². The number of rotatable bonds is 4. The maximum atomic E-state index is 11.5. The third-order valence-electron chi connectivity index (χ3n) is 3.93. The highest BCUT2D eigenvalue weighted by molar-refractivity contribution is 9.10. The van der Waals surface area contributed by atoms with Crippen LogP contribution < -0.4 is 4.74 Å². The van der Waals surface area contributed by atoms with E-state index in [0.717, 1.165) is 21.3 Å². The van der Waals surface area contributed by atoms with Crippen LogP contribution in [0.2, 0.25) is 0 Å². The molecule has 0 N–H and O–H groups in total. The molecule has 29 heavy (non-hydrogen) atoms. The quantitative estimate of drug-likeness (QED) is 0.492. The Morgan fingerprint density at radius 3 is 1.76 bits per heavy atom. The maximum Gasteiger partial charge on any atom is 0.337 e. The van der Waals surface area contributed by atoms with Crippen LogP contribution in [0.25, 0.3) is 11.1 Å². The van der Waals surface area contributed by atoms with E-state index in [9.17, 15) is 9.59 Å². The second-order valence-electron chi connectivity index (χ2n) is 5.81. The third kappa shape index (κ3) is 6.47. The van der Waals surface area contributed by atoms with Crippen molar-refractivity contribution in [2.24, 2.45) is 0 Å². The van der Waals surface area contributed by atoms with Gasteiger partial charge in [0.15, 0.2) is 0 Å². The number of ether oxygens (including phenoxy) is 3. The molecule has 0 aliphatic carbocycles. The van der Waals surface area contributed by atoms with Crippen LogP contribution in [0, 0.1) is 0 Å². The zero-order valence-corrected chi connectivity index (χ0v) is 17.9. The second-order valence-corrected chi connectivity index (χ2v) is 6.72. The molecule has 0 saturated heterocycles. The van der Waals surface area contributed by atoms with E-state index in [2.05, 4.69) is 20.7 Å². The predicted molar refractivity (Wildman–Crippen MR) is 115 cm³/mol. The molecule has 0 aliphatic rings. The fourth-order valence-corrected chi connectivity index (χ4v) is 2.88. The summed E-state index contributed by atoms with van der Waals surface area (Å²) in [5.74, 6) is 0.141. The summed E-state index contributed by atoms with van der Waals surface area (Å²) in [6.45, 7) is 0. The number of hydrogen-bond donors (Lipinski definition) is 0. The van der Waals surface area contributed by atoms with Gasteiger partial charge in [0.2, 0.25) is 0 Å². The molecule has 0 heterocycles. The van der Waals surface area contributed by atoms with Crippen molar-refractivity contribution in [3.05, 3.63) is 88.4 Å². The molecule has 5 nitrogen and oxygen atoms in total. The Hall–Kier alpha value is -3.12. The number of carbonyl (C=O) groups is 2. The van der Waals surface area contributed by atoms with Crippen LogP contribution in [0.1, 0.15) is 20.7 Å². The van der Waals surface area contributed by atoms with E-state index < -0.39 is 0 Å². The standard InChI is InChI=1S/C15H14O3.C8H7BrO2/c1-17-14-8-4-6-12(10-14)11-5-3-7-13(9-11)15(16)18-2;1-11-8(10)6-3-2-4-7(9)5-6/h3-10H,1-2H3;2-5H,1H3. The van der Waals surface area contributed by atoms with Crippen LogP contribution in [0.3, 0.4) is 0 Å². The second kappa shape index (κ2) is 11.0. The molecule has 0 bridgehead atoms. The van der Waals surface area contributed by atoms with Crippen molar-refractivity contribution in [1.29, 1.82) is 0 Å². The van der Waals surface area contributed by atoms with Gasteiger partial charge in [0.25, 0.3) is 0 Å². The lowest BCUT2D eigenvalue weighted by molar-refractivity contribution is 0.0592. The molecule has 0 amide bonds. The number of carbonyl (C=O) groups excluding carboxylic acids is 2. The van der Waals surface area contributed by atoms with Crippen molar-refractivity contribution in [1.82, 2.24) is 0 Å². The summed E-state index contributed by atoms with van der Waals surface area (Å²) in [7, 11) is 4.37. The highest BCUT2D eigenvalue weighted by atomic mass is 79.9. The molecule has 0 saturated carbocycles. The normalized spacial score (nSPS) is 9.66. The molecular weight excluding hydrogens is 436 g/mol. The fraction of sp³-hybridized carbons (Fsp3) is 0.130. The van der Waals surface area contributed by atoms with Crippen molar-refractivity contribution < 1.29 is 23.8 Å². The molecule has 3 rings (SSSR count). The minimum Gasteiger partial charge on any atom is -0.497 e. The lowest BCUT2D eigenvalue weighted by atomic mass is 10.0. The Kier molecular flexibility index (Phi) is 8.43. The van der Waals surface area contributed by atoms with Crippen LogP contribution in [0.15, 0.2) is 77.3 Å². The summed E-state index contributed by atoms with van der Waals surface area (Å²) in [6, 6.07) is 22.1. The van der Waals surface area contributed by atoms with Gasteiger partial charge in [-0.25, -0.2) is 9.59 Å². The van der Waals surface area contributed by atoms with Crippen molar-refractivity contribution in [3.63, 3.8) is 0 Å². The van der Waals surface area contributed by atoms with E-state index in [1.807, 2.05) is 42.5 Å². The lowest BCUT2D eigenvalue weighted by Gasteiger charge is -2.06. The lowest BCUT2D eigenvalue weighted by Crippen LogP contribution is -2.00. The minimum absolute atomic E-state index is 0.314. The predicted octanol–water partition coefficient (Wildman–Crippen LogP) is 5.38. The molecule has 0 aromatic heterocycles. The van der Waals surface area contributed by atoms with Crippen molar-refractivity contribution >= 4 is 27.9 Å². The third-order valence-corrected chi connectivity index (χ3v) is 4.43. The van der Waals surface area contributed by atoms with Gasteiger partial charge in [-0.05, 0) is 53.6 Å². The van der Waals surface area contributed by atoms with Gasteiger partial charge in [0.05, 0.1) is 32.5 Å². The first kappa shape index (κ1) is 22.2. The largest absolute Gasteiger partial charge is 0.497 e. The number of hydrogen-bond acceptors (Lipinski definition) is 5. The zero-order chi connectivity index (χ0) is 21.2. The Labute approximate surface area is 178 Å². The van der Waals surface area contributed by atoms with Crippen LogP contribution in [-0.4, -0.2) is 33.3 Å². The monoisotopic (exact) mass is 456 g/mol. The van der Waals surface area contributed by atoms with Gasteiger partial charge in [0.1, 0.15) is 5.75 Å². The molecule has 3 aromatic rings.